The first kappa shape index (κ1) is 17.2. The molecule has 1 fully saturated rings. The number of hydrogen-bond acceptors (Lipinski definition) is 6. The Hall–Kier alpha value is -2.90. The Balaban J connectivity index is 1.46. The molecule has 6 nitrogen and oxygen atoms in total. The van der Waals surface area contributed by atoms with E-state index in [9.17, 15) is 5.11 Å². The number of aromatic hydroxyl groups is 1. The second-order valence-corrected chi connectivity index (χ2v) is 7.93. The molecule has 1 aliphatic rings. The zero-order chi connectivity index (χ0) is 18.9. The fourth-order valence-corrected chi connectivity index (χ4v) is 5.00. The Morgan fingerprint density at radius 3 is 2.25 bits per heavy atom. The number of nitrogens with zero attached hydrogens (tertiary/aromatic N) is 5. The van der Waals surface area contributed by atoms with Gasteiger partial charge in [-0.15, -0.1) is 0 Å². The Morgan fingerprint density at radius 2 is 1.57 bits per heavy atom. The van der Waals surface area contributed by atoms with Crippen molar-refractivity contribution in [2.24, 2.45) is 0 Å². The van der Waals surface area contributed by atoms with E-state index in [0.717, 1.165) is 36.0 Å². The summed E-state index contributed by atoms with van der Waals surface area (Å²) in [7, 11) is 0. The van der Waals surface area contributed by atoms with Gasteiger partial charge in [-0.2, -0.15) is 9.61 Å². The minimum absolute atomic E-state index is 0.00683. The maximum absolute atomic E-state index is 10.8. The van der Waals surface area contributed by atoms with Gasteiger partial charge in [0.05, 0.1) is 10.9 Å². The third kappa shape index (κ3) is 3.02. The van der Waals surface area contributed by atoms with Crippen LogP contribution in [0.25, 0.3) is 4.96 Å². The lowest BCUT2D eigenvalue weighted by molar-refractivity contribution is 0.211. The SMILES string of the molecule is Oc1c([C@@H](c2ccccc2)N2CCN(c3ccccc3)CC2)sc2ncnn12. The monoisotopic (exact) mass is 391 g/mol. The Kier molecular flexibility index (Phi) is 4.46. The fraction of sp³-hybridized carbons (Fsp3) is 0.238. The molecular weight excluding hydrogens is 370 g/mol. The molecule has 2 aromatic heterocycles. The van der Waals surface area contributed by atoms with Crippen molar-refractivity contribution in [2.75, 3.05) is 31.1 Å². The van der Waals surface area contributed by atoms with Crippen LogP contribution < -0.4 is 4.90 Å². The molecule has 1 atom stereocenters. The van der Waals surface area contributed by atoms with Gasteiger partial charge in [-0.1, -0.05) is 59.9 Å². The zero-order valence-electron chi connectivity index (χ0n) is 15.3. The van der Waals surface area contributed by atoms with E-state index in [0.29, 0.717) is 0 Å². The molecule has 3 heterocycles. The van der Waals surface area contributed by atoms with Gasteiger partial charge in [0.15, 0.2) is 0 Å². The summed E-state index contributed by atoms with van der Waals surface area (Å²) < 4.78 is 1.52. The third-order valence-electron chi connectivity index (χ3n) is 5.30. The normalized spacial score (nSPS) is 16.5. The van der Waals surface area contributed by atoms with Gasteiger partial charge in [0.1, 0.15) is 6.33 Å². The van der Waals surface area contributed by atoms with E-state index in [4.69, 9.17) is 0 Å². The Morgan fingerprint density at radius 1 is 0.893 bits per heavy atom. The predicted octanol–water partition coefficient (Wildman–Crippen LogP) is 3.41. The van der Waals surface area contributed by atoms with Crippen LogP contribution in [0.1, 0.15) is 16.5 Å². The summed E-state index contributed by atoms with van der Waals surface area (Å²) in [6, 6.07) is 20.9. The summed E-state index contributed by atoms with van der Waals surface area (Å²) in [6.45, 7) is 3.74. The van der Waals surface area contributed by atoms with Crippen molar-refractivity contribution in [3.05, 3.63) is 77.4 Å². The van der Waals surface area contributed by atoms with E-state index in [2.05, 4.69) is 74.5 Å². The molecule has 0 amide bonds. The molecule has 2 aromatic carbocycles. The molecule has 28 heavy (non-hydrogen) atoms. The van der Waals surface area contributed by atoms with Crippen LogP contribution in [0, 0.1) is 0 Å². The molecule has 0 aliphatic carbocycles. The summed E-state index contributed by atoms with van der Waals surface area (Å²) in [6.07, 6.45) is 1.48. The molecule has 142 valence electrons. The van der Waals surface area contributed by atoms with Crippen LogP contribution >= 0.6 is 11.3 Å². The first-order chi connectivity index (χ1) is 13.8. The van der Waals surface area contributed by atoms with Crippen molar-refractivity contribution in [2.45, 2.75) is 6.04 Å². The number of piperazine rings is 1. The lowest BCUT2D eigenvalue weighted by Crippen LogP contribution is -2.47. The van der Waals surface area contributed by atoms with E-state index in [1.54, 1.807) is 0 Å². The lowest BCUT2D eigenvalue weighted by Gasteiger charge is -2.40. The summed E-state index contributed by atoms with van der Waals surface area (Å²) in [5.74, 6) is 0.192. The van der Waals surface area contributed by atoms with Crippen LogP contribution in [-0.2, 0) is 0 Å². The smallest absolute Gasteiger partial charge is 0.230 e. The summed E-state index contributed by atoms with van der Waals surface area (Å²) >= 11 is 1.51. The number of aromatic nitrogens is 3. The first-order valence-corrected chi connectivity index (χ1v) is 10.2. The van der Waals surface area contributed by atoms with Gasteiger partial charge in [-0.25, -0.2) is 4.98 Å². The number of fused-ring (bicyclic) bond motifs is 1. The van der Waals surface area contributed by atoms with Crippen molar-refractivity contribution in [3.63, 3.8) is 0 Å². The number of anilines is 1. The van der Waals surface area contributed by atoms with Crippen molar-refractivity contribution in [1.82, 2.24) is 19.5 Å². The standard InChI is InChI=1S/C21H21N5OS/c27-20-19(28-21-22-15-23-26(20)21)18(16-7-3-1-4-8-16)25-13-11-24(12-14-25)17-9-5-2-6-10-17/h1-10,15,18,27H,11-14H2/t18-/m1/s1. The number of para-hydroxylation sites is 1. The highest BCUT2D eigenvalue weighted by molar-refractivity contribution is 7.17. The third-order valence-corrected chi connectivity index (χ3v) is 6.39. The van der Waals surface area contributed by atoms with Crippen LogP contribution in [0.15, 0.2) is 67.0 Å². The lowest BCUT2D eigenvalue weighted by atomic mass is 10.0. The van der Waals surface area contributed by atoms with Crippen molar-refractivity contribution in [3.8, 4) is 5.88 Å². The highest BCUT2D eigenvalue weighted by Gasteiger charge is 2.31. The summed E-state index contributed by atoms with van der Waals surface area (Å²) in [4.78, 5) is 10.7. The first-order valence-electron chi connectivity index (χ1n) is 9.41. The van der Waals surface area contributed by atoms with Gasteiger partial charge >= 0.3 is 0 Å². The minimum Gasteiger partial charge on any atom is -0.492 e. The molecular formula is C21H21N5OS. The van der Waals surface area contributed by atoms with Gasteiger partial charge in [-0.05, 0) is 17.7 Å². The van der Waals surface area contributed by atoms with Crippen LogP contribution in [0.3, 0.4) is 0 Å². The van der Waals surface area contributed by atoms with Crippen LogP contribution in [0.2, 0.25) is 0 Å². The van der Waals surface area contributed by atoms with E-state index in [1.165, 1.54) is 33.4 Å². The van der Waals surface area contributed by atoms with Crippen molar-refractivity contribution >= 4 is 22.0 Å². The molecule has 4 aromatic rings. The van der Waals surface area contributed by atoms with E-state index >= 15 is 0 Å². The summed E-state index contributed by atoms with van der Waals surface area (Å²) in [5, 5.41) is 15.0. The second kappa shape index (κ2) is 7.26. The number of benzene rings is 2. The Bertz CT molecular complexity index is 1050. The highest BCUT2D eigenvalue weighted by Crippen LogP contribution is 2.40. The predicted molar refractivity (Wildman–Crippen MR) is 111 cm³/mol. The fourth-order valence-electron chi connectivity index (χ4n) is 3.91. The molecule has 5 rings (SSSR count). The maximum atomic E-state index is 10.8. The molecule has 0 saturated carbocycles. The average molecular weight is 392 g/mol. The van der Waals surface area contributed by atoms with E-state index < -0.39 is 0 Å². The van der Waals surface area contributed by atoms with Gasteiger partial charge in [0.2, 0.25) is 10.8 Å². The van der Waals surface area contributed by atoms with Crippen LogP contribution in [0.5, 0.6) is 5.88 Å². The summed E-state index contributed by atoms with van der Waals surface area (Å²) in [5.41, 5.74) is 2.44. The maximum Gasteiger partial charge on any atom is 0.230 e. The number of rotatable bonds is 4. The molecule has 0 unspecified atom stereocenters. The highest BCUT2D eigenvalue weighted by atomic mass is 32.1. The van der Waals surface area contributed by atoms with Gasteiger partial charge < -0.3 is 10.0 Å². The molecule has 1 N–H and O–H groups in total. The molecule has 1 aliphatic heterocycles. The molecule has 1 saturated heterocycles. The van der Waals surface area contributed by atoms with Crippen molar-refractivity contribution in [1.29, 1.82) is 0 Å². The van der Waals surface area contributed by atoms with Gasteiger partial charge in [0, 0.05) is 31.9 Å². The van der Waals surface area contributed by atoms with E-state index in [1.807, 2.05) is 6.07 Å². The van der Waals surface area contributed by atoms with Gasteiger partial charge in [0.25, 0.3) is 0 Å². The second-order valence-electron chi connectivity index (χ2n) is 6.92. The molecule has 0 spiro atoms. The Labute approximate surface area is 167 Å². The number of hydrogen-bond donors (Lipinski definition) is 1. The van der Waals surface area contributed by atoms with Crippen LogP contribution in [0.4, 0.5) is 5.69 Å². The zero-order valence-corrected chi connectivity index (χ0v) is 16.2. The molecule has 0 radical (unpaired) electrons. The van der Waals surface area contributed by atoms with Gasteiger partial charge in [-0.3, -0.25) is 4.90 Å². The molecule has 7 heteroatoms. The topological polar surface area (TPSA) is 56.9 Å². The minimum atomic E-state index is -0.00683. The van der Waals surface area contributed by atoms with E-state index in [-0.39, 0.29) is 11.9 Å². The van der Waals surface area contributed by atoms with Crippen LogP contribution in [-0.4, -0.2) is 50.8 Å². The number of thiazole rings is 1. The van der Waals surface area contributed by atoms with Crippen molar-refractivity contribution < 1.29 is 5.11 Å². The largest absolute Gasteiger partial charge is 0.492 e. The average Bonchev–Trinajstić information content (AvgIpc) is 3.34. The molecule has 0 bridgehead atoms. The quantitative estimate of drug-likeness (QED) is 0.578.